The second-order valence-corrected chi connectivity index (χ2v) is 36.2. The van der Waals surface area contributed by atoms with E-state index in [0.717, 1.165) is 133 Å². The molecular formula is C77H133NO5. The molecule has 13 rings (SSSR count). The van der Waals surface area contributed by atoms with Gasteiger partial charge in [0.05, 0.1) is 19.3 Å². The van der Waals surface area contributed by atoms with Crippen LogP contribution in [0.3, 0.4) is 0 Å². The van der Waals surface area contributed by atoms with Crippen LogP contribution in [0.2, 0.25) is 0 Å². The molecular weight excluding hydrogens is 1020 g/mol. The highest BCUT2D eigenvalue weighted by molar-refractivity contribution is 5.66. The molecule has 1 heterocycles. The molecule has 0 radical (unpaired) electrons. The topological polar surface area (TPSA) is 79.2 Å². The molecule has 13 fully saturated rings. The Morgan fingerprint density at radius 3 is 1.41 bits per heavy atom. The van der Waals surface area contributed by atoms with E-state index in [-0.39, 0.29) is 11.9 Å². The number of aliphatic carboxylic acids is 1. The van der Waals surface area contributed by atoms with Crippen LogP contribution in [0.5, 0.6) is 0 Å². The van der Waals surface area contributed by atoms with Crippen molar-refractivity contribution in [1.82, 2.24) is 4.90 Å². The molecule has 6 nitrogen and oxygen atoms in total. The number of aliphatic hydroxyl groups excluding tert-OH is 1. The summed E-state index contributed by atoms with van der Waals surface area (Å²) in [5.41, 5.74) is 3.26. The van der Waals surface area contributed by atoms with Gasteiger partial charge >= 0.3 is 5.97 Å². The number of carboxylic acid groups (broad SMARTS) is 1. The first kappa shape index (κ1) is 63.9. The van der Waals surface area contributed by atoms with E-state index in [4.69, 9.17) is 14.6 Å². The summed E-state index contributed by atoms with van der Waals surface area (Å²) < 4.78 is 12.3. The van der Waals surface area contributed by atoms with Crippen LogP contribution in [0.15, 0.2) is 0 Å². The van der Waals surface area contributed by atoms with Crippen LogP contribution < -0.4 is 0 Å². The fourth-order valence-electron chi connectivity index (χ4n) is 27.5. The molecule has 1 spiro atoms. The molecule has 1 aliphatic heterocycles. The van der Waals surface area contributed by atoms with E-state index in [0.29, 0.717) is 50.7 Å². The van der Waals surface area contributed by atoms with Crippen LogP contribution in [-0.2, 0) is 14.3 Å². The van der Waals surface area contributed by atoms with Crippen LogP contribution in [0.25, 0.3) is 0 Å². The maximum absolute atomic E-state index is 11.1. The largest absolute Gasteiger partial charge is 0.481 e. The lowest BCUT2D eigenvalue weighted by Gasteiger charge is -2.62. The van der Waals surface area contributed by atoms with Gasteiger partial charge in [-0.3, -0.25) is 4.79 Å². The molecule has 83 heavy (non-hydrogen) atoms. The number of carbonyl (C=O) groups is 1. The number of rotatable bonds is 11. The van der Waals surface area contributed by atoms with Gasteiger partial charge < -0.3 is 24.6 Å². The second-order valence-electron chi connectivity index (χ2n) is 36.2. The third kappa shape index (κ3) is 11.5. The highest BCUT2D eigenvalue weighted by atomic mass is 16.7. The summed E-state index contributed by atoms with van der Waals surface area (Å²) in [4.78, 5) is 13.5. The molecule has 1 saturated heterocycles. The van der Waals surface area contributed by atoms with Gasteiger partial charge in [-0.15, -0.1) is 0 Å². The van der Waals surface area contributed by atoms with Gasteiger partial charge in [0, 0.05) is 25.3 Å². The zero-order chi connectivity index (χ0) is 59.2. The van der Waals surface area contributed by atoms with Crippen molar-refractivity contribution >= 4 is 5.97 Å². The van der Waals surface area contributed by atoms with Crippen LogP contribution in [0.1, 0.15) is 289 Å². The third-order valence-electron chi connectivity index (χ3n) is 32.2. The molecule has 13 aliphatic rings. The van der Waals surface area contributed by atoms with E-state index in [1.54, 1.807) is 0 Å². The second kappa shape index (κ2) is 24.5. The number of fused-ring (bicyclic) bond motifs is 15. The van der Waals surface area contributed by atoms with Gasteiger partial charge in [0.25, 0.3) is 0 Å². The molecule has 9 unspecified atom stereocenters. The number of nitrogens with zero attached hydrogens (tertiary/aromatic N) is 1. The standard InChI is InChI=1S/C29H50O2.C25H42O2.C23H41NO/c1-20(2)7-6-8-21(3)24-11-12-25-23-10-9-22-19-29(30-17-18-31-29)16-15-27(22,4)26(23)13-14-28(24,25)5;1-16-11-13-24(3)18(15-16)6-7-19-21-9-8-20(17(2)5-10-23(26)27)25(21,4)14-12-22(19)24;1-15(25)19-8-9-20-18-7-6-16-14-17(24(4)5)10-12-22(16,2)21(18)11-13-23(19,20)3/h20-26H,6-19H2,1-5H3;16-22H,5-15H2,1-4H3,(H,26,27);15-21,25H,6-14H2,1-5H3/t21-,22-,23?,24-,25?,26?,27+,28-;16-,17-,18-,19?,20-,21?,22?,24+,25-;15-,16-,17+,18?,19+,20?,21?,22-,23+/m110/s1. The van der Waals surface area contributed by atoms with Crippen molar-refractivity contribution in [3.63, 3.8) is 0 Å². The molecule has 12 saturated carbocycles. The van der Waals surface area contributed by atoms with Crippen LogP contribution in [0.4, 0.5) is 0 Å². The first-order valence-electron chi connectivity index (χ1n) is 37.1. The van der Waals surface area contributed by atoms with Crippen molar-refractivity contribution in [2.45, 2.75) is 306 Å². The molecule has 2 N–H and O–H groups in total. The van der Waals surface area contributed by atoms with Crippen molar-refractivity contribution in [3.05, 3.63) is 0 Å². The maximum Gasteiger partial charge on any atom is 0.303 e. The summed E-state index contributed by atoms with van der Waals surface area (Å²) in [6.45, 7) is 31.7. The van der Waals surface area contributed by atoms with Gasteiger partial charge in [0.1, 0.15) is 0 Å². The molecule has 6 heteroatoms. The highest BCUT2D eigenvalue weighted by Crippen LogP contribution is 2.72. The van der Waals surface area contributed by atoms with E-state index in [2.05, 4.69) is 95.2 Å². The Hall–Kier alpha value is -0.690. The Morgan fingerprint density at radius 1 is 0.482 bits per heavy atom. The molecule has 26 atom stereocenters. The smallest absolute Gasteiger partial charge is 0.303 e. The van der Waals surface area contributed by atoms with Gasteiger partial charge in [-0.2, -0.15) is 0 Å². The summed E-state index contributed by atoms with van der Waals surface area (Å²) in [6, 6.07) is 0.814. The van der Waals surface area contributed by atoms with Crippen LogP contribution in [0, 0.1) is 145 Å². The first-order valence-corrected chi connectivity index (χ1v) is 37.1. The summed E-state index contributed by atoms with van der Waals surface area (Å²) in [5.74, 6) is 16.1. The summed E-state index contributed by atoms with van der Waals surface area (Å²) in [6.07, 6.45) is 43.6. The highest BCUT2D eigenvalue weighted by Gasteiger charge is 2.65. The van der Waals surface area contributed by atoms with Gasteiger partial charge in [0.2, 0.25) is 0 Å². The average Bonchev–Trinajstić information content (AvgIpc) is 3.47. The Labute approximate surface area is 511 Å². The predicted octanol–water partition coefficient (Wildman–Crippen LogP) is 19.6. The van der Waals surface area contributed by atoms with Crippen molar-refractivity contribution < 1.29 is 24.5 Å². The fraction of sp³-hybridized carbons (Fsp3) is 0.987. The molecule has 12 aliphatic carbocycles. The fourth-order valence-corrected chi connectivity index (χ4v) is 27.5. The van der Waals surface area contributed by atoms with E-state index >= 15 is 0 Å². The van der Waals surface area contributed by atoms with Crippen molar-refractivity contribution in [2.75, 3.05) is 27.3 Å². The molecule has 0 bridgehead atoms. The monoisotopic (exact) mass is 1150 g/mol. The Bertz CT molecular complexity index is 2190. The number of aliphatic hydroxyl groups is 1. The Kier molecular flexibility index (Phi) is 18.8. The minimum Gasteiger partial charge on any atom is -0.481 e. The average molecular weight is 1150 g/mol. The maximum atomic E-state index is 11.1. The summed E-state index contributed by atoms with van der Waals surface area (Å²) >= 11 is 0. The van der Waals surface area contributed by atoms with Crippen LogP contribution >= 0.6 is 0 Å². The Morgan fingerprint density at radius 2 is 0.916 bits per heavy atom. The number of ether oxygens (including phenoxy) is 2. The lowest BCUT2D eigenvalue weighted by molar-refractivity contribution is -0.229. The first-order chi connectivity index (χ1) is 39.3. The van der Waals surface area contributed by atoms with Crippen molar-refractivity contribution in [1.29, 1.82) is 0 Å². The SMILES string of the molecule is CC(C)CCC[C@@H](C)[C@H]1CCC2C3CC[C@@H]4CC5(CC[C@]4(C)C3CC[C@@]21C)OCCO5.C[C@@H]1CC[C@]2(C)C3CC[C@@]4(C)C(CC[C@@H]4[C@H](C)CCC(=O)O)C3CC[C@@H]2C1.C[C@H](O)[C@H]1CCC2C3CC[C@H]4C[C@H](N(C)C)CC[C@]4(C)C3CC[C@@]21C. The quantitative estimate of drug-likeness (QED) is 0.215. The van der Waals surface area contributed by atoms with Gasteiger partial charge in [0.15, 0.2) is 5.79 Å². The summed E-state index contributed by atoms with van der Waals surface area (Å²) in [7, 11) is 4.56. The van der Waals surface area contributed by atoms with E-state index < -0.39 is 5.97 Å². The molecule has 476 valence electrons. The van der Waals surface area contributed by atoms with Gasteiger partial charge in [-0.05, 0) is 326 Å². The van der Waals surface area contributed by atoms with Gasteiger partial charge in [-0.1, -0.05) is 102 Å². The van der Waals surface area contributed by atoms with Crippen molar-refractivity contribution in [2.24, 2.45) is 145 Å². The van der Waals surface area contributed by atoms with E-state index in [1.807, 2.05) is 6.92 Å². The number of hydrogen-bond acceptors (Lipinski definition) is 5. The minimum atomic E-state index is -0.622. The zero-order valence-electron chi connectivity index (χ0n) is 56.7. The van der Waals surface area contributed by atoms with Crippen molar-refractivity contribution in [3.8, 4) is 0 Å². The lowest BCUT2D eigenvalue weighted by Crippen LogP contribution is -2.56. The van der Waals surface area contributed by atoms with Gasteiger partial charge in [-0.25, -0.2) is 0 Å². The minimum absolute atomic E-state index is 0.117. The molecule has 0 aromatic carbocycles. The molecule has 0 aromatic rings. The number of carboxylic acids is 1. The van der Waals surface area contributed by atoms with E-state index in [1.165, 1.54) is 186 Å². The summed E-state index contributed by atoms with van der Waals surface area (Å²) in [5, 5.41) is 19.5. The molecule has 0 aromatic heterocycles. The predicted molar refractivity (Wildman–Crippen MR) is 342 cm³/mol. The Balaban J connectivity index is 0.000000131. The normalized spacial score (nSPS) is 50.3. The lowest BCUT2D eigenvalue weighted by atomic mass is 9.44. The van der Waals surface area contributed by atoms with E-state index in [9.17, 15) is 9.90 Å². The third-order valence-corrected chi connectivity index (χ3v) is 32.2. The van der Waals surface area contributed by atoms with Crippen LogP contribution in [-0.4, -0.2) is 66.3 Å². The molecule has 0 amide bonds. The zero-order valence-corrected chi connectivity index (χ0v) is 56.7. The number of hydrogen-bond donors (Lipinski definition) is 2.